The summed E-state index contributed by atoms with van der Waals surface area (Å²) in [6.45, 7) is 2.17. The molecule has 0 aromatic heterocycles. The van der Waals surface area contributed by atoms with Crippen molar-refractivity contribution in [3.63, 3.8) is 0 Å². The van der Waals surface area contributed by atoms with Gasteiger partial charge in [0.2, 0.25) is 15.9 Å². The number of amides is 1. The topological polar surface area (TPSA) is 75.3 Å². The fourth-order valence-corrected chi connectivity index (χ4v) is 2.17. The van der Waals surface area contributed by atoms with Gasteiger partial charge in [0, 0.05) is 17.0 Å². The smallest absolute Gasteiger partial charge is 0.235 e. The third-order valence-electron chi connectivity index (χ3n) is 2.32. The number of hydrogen-bond acceptors (Lipinski definition) is 3. The lowest BCUT2D eigenvalue weighted by atomic mass is 10.2. The molecule has 0 fully saturated rings. The lowest BCUT2D eigenvalue weighted by Crippen LogP contribution is -2.36. The highest BCUT2D eigenvalue weighted by Crippen LogP contribution is 2.10. The molecule has 7 heteroatoms. The molecule has 0 bridgehead atoms. The van der Waals surface area contributed by atoms with Gasteiger partial charge in [-0.2, -0.15) is 0 Å². The van der Waals surface area contributed by atoms with Crippen LogP contribution in [0.3, 0.4) is 0 Å². The molecular formula is C13H17ClN2O3S. The third-order valence-corrected chi connectivity index (χ3v) is 3.61. The van der Waals surface area contributed by atoms with Crippen LogP contribution in [0.5, 0.6) is 0 Å². The van der Waals surface area contributed by atoms with E-state index >= 15 is 0 Å². The molecule has 0 heterocycles. The number of carbonyl (C=O) groups excluding carboxylic acids is 1. The van der Waals surface area contributed by atoms with Crippen molar-refractivity contribution in [3.8, 4) is 0 Å². The van der Waals surface area contributed by atoms with Crippen molar-refractivity contribution in [3.05, 3.63) is 40.3 Å². The minimum atomic E-state index is -3.63. The second kappa shape index (κ2) is 8.04. The number of hydrogen-bond donors (Lipinski definition) is 2. The number of halogens is 1. The zero-order valence-electron chi connectivity index (χ0n) is 11.1. The molecule has 0 unspecified atom stereocenters. The van der Waals surface area contributed by atoms with Gasteiger partial charge in [0.05, 0.1) is 6.54 Å². The van der Waals surface area contributed by atoms with E-state index in [9.17, 15) is 13.2 Å². The molecule has 5 nitrogen and oxygen atoms in total. The predicted molar refractivity (Wildman–Crippen MR) is 80.7 cm³/mol. The molecule has 0 saturated heterocycles. The summed E-state index contributed by atoms with van der Waals surface area (Å²) in [7, 11) is -3.63. The zero-order valence-corrected chi connectivity index (χ0v) is 12.7. The van der Waals surface area contributed by atoms with Crippen LogP contribution in [0.1, 0.15) is 18.9 Å². The van der Waals surface area contributed by atoms with Gasteiger partial charge >= 0.3 is 0 Å². The van der Waals surface area contributed by atoms with Crippen molar-refractivity contribution >= 4 is 33.6 Å². The van der Waals surface area contributed by atoms with E-state index in [1.165, 1.54) is 6.08 Å². The summed E-state index contributed by atoms with van der Waals surface area (Å²) in [6, 6.07) is 6.73. The highest BCUT2D eigenvalue weighted by Gasteiger charge is 2.07. The Morgan fingerprint density at radius 1 is 1.30 bits per heavy atom. The Labute approximate surface area is 124 Å². The Morgan fingerprint density at radius 3 is 2.55 bits per heavy atom. The molecule has 0 aliphatic rings. The molecule has 1 aromatic carbocycles. The van der Waals surface area contributed by atoms with Gasteiger partial charge in [-0.1, -0.05) is 30.7 Å². The third kappa shape index (κ3) is 6.70. The van der Waals surface area contributed by atoms with Crippen molar-refractivity contribution in [2.75, 3.05) is 13.1 Å². The van der Waals surface area contributed by atoms with Gasteiger partial charge in [0.15, 0.2) is 0 Å². The van der Waals surface area contributed by atoms with Crippen LogP contribution in [0.4, 0.5) is 0 Å². The standard InChI is InChI=1S/C13H17ClN2O3S/c1-2-8-15-13(17)10-16-20(18,19)9-7-11-3-5-12(14)6-4-11/h3-7,9,16H,2,8,10H2,1H3,(H,15,17)/b9-7+. The summed E-state index contributed by atoms with van der Waals surface area (Å²) < 4.78 is 25.5. The molecule has 20 heavy (non-hydrogen) atoms. The first-order valence-electron chi connectivity index (χ1n) is 6.13. The molecule has 0 saturated carbocycles. The average molecular weight is 317 g/mol. The first kappa shape index (κ1) is 16.7. The van der Waals surface area contributed by atoms with E-state index < -0.39 is 10.0 Å². The quantitative estimate of drug-likeness (QED) is 0.805. The molecule has 0 atom stereocenters. The predicted octanol–water partition coefficient (Wildman–Crippen LogP) is 1.76. The van der Waals surface area contributed by atoms with Crippen molar-refractivity contribution < 1.29 is 13.2 Å². The summed E-state index contributed by atoms with van der Waals surface area (Å²) in [5.74, 6) is -0.352. The number of sulfonamides is 1. The Balaban J connectivity index is 2.52. The van der Waals surface area contributed by atoms with Gasteiger partial charge in [-0.25, -0.2) is 13.1 Å². The molecule has 1 rings (SSSR count). The van der Waals surface area contributed by atoms with Gasteiger partial charge in [0.1, 0.15) is 0 Å². The van der Waals surface area contributed by atoms with Crippen LogP contribution >= 0.6 is 11.6 Å². The lowest BCUT2D eigenvalue weighted by molar-refractivity contribution is -0.119. The van der Waals surface area contributed by atoms with Gasteiger partial charge < -0.3 is 5.32 Å². The number of carbonyl (C=O) groups is 1. The van der Waals surface area contributed by atoms with Gasteiger partial charge in [-0.05, 0) is 30.2 Å². The van der Waals surface area contributed by atoms with E-state index in [-0.39, 0.29) is 12.5 Å². The van der Waals surface area contributed by atoms with E-state index in [0.29, 0.717) is 17.1 Å². The van der Waals surface area contributed by atoms with Gasteiger partial charge in [0.25, 0.3) is 0 Å². The van der Waals surface area contributed by atoms with Crippen LogP contribution in [0.2, 0.25) is 5.02 Å². The second-order valence-electron chi connectivity index (χ2n) is 4.07. The van der Waals surface area contributed by atoms with Crippen molar-refractivity contribution in [2.24, 2.45) is 0 Å². The number of nitrogens with one attached hydrogen (secondary N) is 2. The SMILES string of the molecule is CCCNC(=O)CNS(=O)(=O)/C=C/c1ccc(Cl)cc1. The average Bonchev–Trinajstić information content (AvgIpc) is 2.42. The maximum atomic E-state index is 11.6. The fraction of sp³-hybridized carbons (Fsp3) is 0.308. The molecule has 2 N–H and O–H groups in total. The van der Waals surface area contributed by atoms with Crippen LogP contribution in [0, 0.1) is 0 Å². The first-order chi connectivity index (χ1) is 9.43. The summed E-state index contributed by atoms with van der Waals surface area (Å²) in [4.78, 5) is 11.3. The van der Waals surface area contributed by atoms with Crippen LogP contribution in [-0.2, 0) is 14.8 Å². The monoisotopic (exact) mass is 316 g/mol. The zero-order chi connectivity index (χ0) is 15.0. The molecule has 1 aromatic rings. The van der Waals surface area contributed by atoms with Crippen LogP contribution < -0.4 is 10.0 Å². The Kier molecular flexibility index (Phi) is 6.70. The van der Waals surface area contributed by atoms with Crippen molar-refractivity contribution in [1.29, 1.82) is 0 Å². The highest BCUT2D eigenvalue weighted by atomic mass is 35.5. The largest absolute Gasteiger partial charge is 0.355 e. The summed E-state index contributed by atoms with van der Waals surface area (Å²) in [5, 5.41) is 4.18. The number of rotatable bonds is 7. The maximum absolute atomic E-state index is 11.6. The minimum Gasteiger partial charge on any atom is -0.355 e. The highest BCUT2D eigenvalue weighted by molar-refractivity contribution is 7.92. The van der Waals surface area contributed by atoms with Gasteiger partial charge in [-0.3, -0.25) is 4.79 Å². The normalized spacial score (nSPS) is 11.7. The minimum absolute atomic E-state index is 0.271. The Hall–Kier alpha value is -1.37. The van der Waals surface area contributed by atoms with E-state index in [1.807, 2.05) is 6.92 Å². The summed E-state index contributed by atoms with van der Waals surface area (Å²) in [6.07, 6.45) is 2.23. The molecular weight excluding hydrogens is 300 g/mol. The molecule has 0 spiro atoms. The van der Waals surface area contributed by atoms with Gasteiger partial charge in [-0.15, -0.1) is 0 Å². The van der Waals surface area contributed by atoms with Crippen LogP contribution in [-0.4, -0.2) is 27.4 Å². The molecule has 1 amide bonds. The number of benzene rings is 1. The van der Waals surface area contributed by atoms with E-state index in [0.717, 1.165) is 11.8 Å². The van der Waals surface area contributed by atoms with Crippen molar-refractivity contribution in [2.45, 2.75) is 13.3 Å². The Morgan fingerprint density at radius 2 is 1.95 bits per heavy atom. The molecule has 0 aliphatic heterocycles. The molecule has 110 valence electrons. The summed E-state index contributed by atoms with van der Waals surface area (Å²) in [5.41, 5.74) is 0.704. The Bertz CT molecular complexity index is 568. The lowest BCUT2D eigenvalue weighted by Gasteiger charge is -2.04. The van der Waals surface area contributed by atoms with Crippen LogP contribution in [0.25, 0.3) is 6.08 Å². The van der Waals surface area contributed by atoms with E-state index in [1.54, 1.807) is 24.3 Å². The molecule has 0 aliphatic carbocycles. The second-order valence-corrected chi connectivity index (χ2v) is 6.16. The van der Waals surface area contributed by atoms with Crippen molar-refractivity contribution in [1.82, 2.24) is 10.0 Å². The fourth-order valence-electron chi connectivity index (χ4n) is 1.28. The van der Waals surface area contributed by atoms with Crippen LogP contribution in [0.15, 0.2) is 29.7 Å². The maximum Gasteiger partial charge on any atom is 0.235 e. The van der Waals surface area contributed by atoms with E-state index in [2.05, 4.69) is 10.0 Å². The molecule has 0 radical (unpaired) electrons. The first-order valence-corrected chi connectivity index (χ1v) is 8.05. The summed E-state index contributed by atoms with van der Waals surface area (Å²) >= 11 is 5.73. The van der Waals surface area contributed by atoms with E-state index in [4.69, 9.17) is 11.6 Å².